The van der Waals surface area contributed by atoms with Gasteiger partial charge in [-0.25, -0.2) is 4.39 Å². The minimum absolute atomic E-state index is 0.129. The van der Waals surface area contributed by atoms with E-state index in [4.69, 9.17) is 4.52 Å². The van der Waals surface area contributed by atoms with Crippen molar-refractivity contribution in [3.05, 3.63) is 47.5 Å². The van der Waals surface area contributed by atoms with Crippen LogP contribution in [0, 0.1) is 12.7 Å². The number of benzene rings is 1. The van der Waals surface area contributed by atoms with Gasteiger partial charge in [-0.15, -0.1) is 11.8 Å². The molecular weight excluding hydrogens is 333 g/mol. The van der Waals surface area contributed by atoms with Gasteiger partial charge in [-0.05, 0) is 31.5 Å². The summed E-state index contributed by atoms with van der Waals surface area (Å²) in [7, 11) is 0. The molecule has 2 aromatic rings. The van der Waals surface area contributed by atoms with E-state index in [-0.39, 0.29) is 35.2 Å². The van der Waals surface area contributed by atoms with Crippen molar-refractivity contribution in [2.24, 2.45) is 0 Å². The Morgan fingerprint density at radius 3 is 2.54 bits per heavy atom. The highest BCUT2D eigenvalue weighted by Gasteiger charge is 2.11. The van der Waals surface area contributed by atoms with Gasteiger partial charge in [0.2, 0.25) is 11.8 Å². The van der Waals surface area contributed by atoms with E-state index in [1.807, 2.05) is 6.92 Å². The summed E-state index contributed by atoms with van der Waals surface area (Å²) in [5.41, 5.74) is 0.814. The molecule has 0 saturated carbocycles. The molecule has 1 atom stereocenters. The molecule has 6 nitrogen and oxygen atoms in total. The topological polar surface area (TPSA) is 84.2 Å². The zero-order valence-corrected chi connectivity index (χ0v) is 14.2. The van der Waals surface area contributed by atoms with E-state index in [2.05, 4.69) is 15.8 Å². The van der Waals surface area contributed by atoms with Gasteiger partial charge in [0, 0.05) is 6.07 Å². The molecule has 0 bridgehead atoms. The van der Waals surface area contributed by atoms with E-state index in [0.29, 0.717) is 11.6 Å². The molecule has 0 spiro atoms. The first-order valence-electron chi connectivity index (χ1n) is 7.30. The zero-order chi connectivity index (χ0) is 17.5. The minimum atomic E-state index is -0.318. The highest BCUT2D eigenvalue weighted by atomic mass is 32.2. The van der Waals surface area contributed by atoms with Crippen molar-refractivity contribution in [1.29, 1.82) is 0 Å². The highest BCUT2D eigenvalue weighted by Crippen LogP contribution is 2.13. The van der Waals surface area contributed by atoms with Crippen LogP contribution < -0.4 is 10.6 Å². The van der Waals surface area contributed by atoms with Crippen LogP contribution in [0.4, 0.5) is 10.2 Å². The molecule has 2 amide bonds. The molecule has 0 saturated heterocycles. The predicted molar refractivity (Wildman–Crippen MR) is 90.2 cm³/mol. The number of halogens is 1. The molecule has 2 N–H and O–H groups in total. The summed E-state index contributed by atoms with van der Waals surface area (Å²) in [5, 5.41) is 9.03. The summed E-state index contributed by atoms with van der Waals surface area (Å²) < 4.78 is 17.7. The molecule has 0 radical (unpaired) electrons. The lowest BCUT2D eigenvalue weighted by Crippen LogP contribution is -2.28. The number of hydrogen-bond donors (Lipinski definition) is 2. The Labute approximate surface area is 143 Å². The van der Waals surface area contributed by atoms with Crippen LogP contribution in [-0.4, -0.2) is 28.5 Å². The van der Waals surface area contributed by atoms with Gasteiger partial charge in [-0.1, -0.05) is 17.3 Å². The van der Waals surface area contributed by atoms with Gasteiger partial charge >= 0.3 is 0 Å². The number of anilines is 1. The summed E-state index contributed by atoms with van der Waals surface area (Å²) in [6.07, 6.45) is 0. The van der Waals surface area contributed by atoms with Crippen molar-refractivity contribution in [2.75, 3.05) is 16.8 Å². The zero-order valence-electron chi connectivity index (χ0n) is 13.3. The molecule has 0 aliphatic carbocycles. The SMILES string of the molecule is Cc1cc(NC(=O)CSCC(=O)N[C@H](C)c2ccc(F)cc2)no1. The van der Waals surface area contributed by atoms with E-state index in [1.165, 1.54) is 23.9 Å². The molecule has 0 fully saturated rings. The number of amides is 2. The smallest absolute Gasteiger partial charge is 0.235 e. The van der Waals surface area contributed by atoms with Crippen molar-refractivity contribution >= 4 is 29.4 Å². The first-order chi connectivity index (χ1) is 11.4. The minimum Gasteiger partial charge on any atom is -0.360 e. The number of thioether (sulfide) groups is 1. The Morgan fingerprint density at radius 1 is 1.25 bits per heavy atom. The predicted octanol–water partition coefficient (Wildman–Crippen LogP) is 2.67. The second kappa shape index (κ2) is 8.49. The molecule has 1 aromatic carbocycles. The van der Waals surface area contributed by atoms with Crippen LogP contribution in [0.15, 0.2) is 34.9 Å². The summed E-state index contributed by atoms with van der Waals surface area (Å²) in [4.78, 5) is 23.6. The van der Waals surface area contributed by atoms with Gasteiger partial charge in [0.05, 0.1) is 17.5 Å². The second-order valence-corrected chi connectivity index (χ2v) is 6.19. The average Bonchev–Trinajstić information content (AvgIpc) is 2.92. The first-order valence-corrected chi connectivity index (χ1v) is 8.45. The third-order valence-corrected chi connectivity index (χ3v) is 4.04. The molecule has 0 aliphatic heterocycles. The maximum absolute atomic E-state index is 12.9. The molecule has 1 heterocycles. The third kappa shape index (κ3) is 5.69. The molecule has 24 heavy (non-hydrogen) atoms. The Kier molecular flexibility index (Phi) is 6.36. The van der Waals surface area contributed by atoms with Gasteiger partial charge in [0.1, 0.15) is 11.6 Å². The van der Waals surface area contributed by atoms with Gasteiger partial charge in [-0.3, -0.25) is 9.59 Å². The number of nitrogens with zero attached hydrogens (tertiary/aromatic N) is 1. The molecular formula is C16H18FN3O3S. The van der Waals surface area contributed by atoms with Crippen molar-refractivity contribution in [1.82, 2.24) is 10.5 Å². The van der Waals surface area contributed by atoms with Crippen molar-refractivity contribution in [2.45, 2.75) is 19.9 Å². The van der Waals surface area contributed by atoms with E-state index in [0.717, 1.165) is 5.56 Å². The Hall–Kier alpha value is -2.35. The highest BCUT2D eigenvalue weighted by molar-refractivity contribution is 8.00. The lowest BCUT2D eigenvalue weighted by atomic mass is 10.1. The molecule has 2 rings (SSSR count). The maximum Gasteiger partial charge on any atom is 0.235 e. The van der Waals surface area contributed by atoms with Gasteiger partial charge in [0.15, 0.2) is 5.82 Å². The van der Waals surface area contributed by atoms with Crippen LogP contribution in [0.25, 0.3) is 0 Å². The number of aryl methyl sites for hydroxylation is 1. The first kappa shape index (κ1) is 18.0. The average molecular weight is 351 g/mol. The van der Waals surface area contributed by atoms with Crippen LogP contribution in [0.3, 0.4) is 0 Å². The lowest BCUT2D eigenvalue weighted by molar-refractivity contribution is -0.119. The fourth-order valence-electron chi connectivity index (χ4n) is 1.96. The number of nitrogens with one attached hydrogen (secondary N) is 2. The fourth-order valence-corrected chi connectivity index (χ4v) is 2.59. The van der Waals surface area contributed by atoms with Crippen LogP contribution in [0.5, 0.6) is 0 Å². The third-order valence-electron chi connectivity index (χ3n) is 3.11. The Balaban J connectivity index is 1.69. The van der Waals surface area contributed by atoms with Crippen LogP contribution in [0.1, 0.15) is 24.3 Å². The largest absolute Gasteiger partial charge is 0.360 e. The van der Waals surface area contributed by atoms with Crippen molar-refractivity contribution in [3.8, 4) is 0 Å². The molecule has 128 valence electrons. The Morgan fingerprint density at radius 2 is 1.92 bits per heavy atom. The summed E-state index contributed by atoms with van der Waals surface area (Å²) in [5.74, 6) is 0.469. The summed E-state index contributed by atoms with van der Waals surface area (Å²) >= 11 is 1.19. The molecule has 8 heteroatoms. The van der Waals surface area contributed by atoms with E-state index in [9.17, 15) is 14.0 Å². The van der Waals surface area contributed by atoms with E-state index < -0.39 is 0 Å². The van der Waals surface area contributed by atoms with E-state index in [1.54, 1.807) is 25.1 Å². The van der Waals surface area contributed by atoms with Gasteiger partial charge in [0.25, 0.3) is 0 Å². The van der Waals surface area contributed by atoms with Crippen LogP contribution in [0.2, 0.25) is 0 Å². The summed E-state index contributed by atoms with van der Waals surface area (Å²) in [6, 6.07) is 7.33. The summed E-state index contributed by atoms with van der Waals surface area (Å²) in [6.45, 7) is 3.54. The van der Waals surface area contributed by atoms with Crippen LogP contribution >= 0.6 is 11.8 Å². The second-order valence-electron chi connectivity index (χ2n) is 5.20. The number of aromatic nitrogens is 1. The molecule has 1 aromatic heterocycles. The monoisotopic (exact) mass is 351 g/mol. The molecule has 0 aliphatic rings. The number of carbonyl (C=O) groups excluding carboxylic acids is 2. The van der Waals surface area contributed by atoms with Crippen molar-refractivity contribution in [3.63, 3.8) is 0 Å². The Bertz CT molecular complexity index is 703. The van der Waals surface area contributed by atoms with E-state index >= 15 is 0 Å². The quantitative estimate of drug-likeness (QED) is 0.801. The number of rotatable bonds is 7. The van der Waals surface area contributed by atoms with Gasteiger partial charge < -0.3 is 15.2 Å². The number of hydrogen-bond acceptors (Lipinski definition) is 5. The standard InChI is InChI=1S/C16H18FN3O3S/c1-10-7-14(20-23-10)19-16(22)9-24-8-15(21)18-11(2)12-3-5-13(17)6-4-12/h3-7,11H,8-9H2,1-2H3,(H,18,21)(H,19,20,22)/t11-/m1/s1. The normalized spacial score (nSPS) is 11.8. The fraction of sp³-hybridized carbons (Fsp3) is 0.312. The van der Waals surface area contributed by atoms with Gasteiger partial charge in [-0.2, -0.15) is 0 Å². The number of carbonyl (C=O) groups is 2. The van der Waals surface area contributed by atoms with Crippen LogP contribution in [-0.2, 0) is 9.59 Å². The van der Waals surface area contributed by atoms with Crippen molar-refractivity contribution < 1.29 is 18.5 Å². The molecule has 0 unspecified atom stereocenters. The lowest BCUT2D eigenvalue weighted by Gasteiger charge is -2.14. The maximum atomic E-state index is 12.9.